The zero-order valence-electron chi connectivity index (χ0n) is 20.6. The van der Waals surface area contributed by atoms with Gasteiger partial charge in [0, 0.05) is 13.5 Å². The van der Waals surface area contributed by atoms with Crippen molar-refractivity contribution in [3.8, 4) is 22.6 Å². The van der Waals surface area contributed by atoms with Crippen molar-refractivity contribution in [2.45, 2.75) is 44.8 Å². The lowest BCUT2D eigenvalue weighted by Crippen LogP contribution is -2.43. The summed E-state index contributed by atoms with van der Waals surface area (Å²) in [6, 6.07) is 10.0. The summed E-state index contributed by atoms with van der Waals surface area (Å²) in [5.41, 5.74) is 3.54. The van der Waals surface area contributed by atoms with Crippen molar-refractivity contribution in [3.63, 3.8) is 0 Å². The molecule has 7 nitrogen and oxygen atoms in total. The molecule has 0 bridgehead atoms. The van der Waals surface area contributed by atoms with E-state index in [9.17, 15) is 14.7 Å². The lowest BCUT2D eigenvalue weighted by Gasteiger charge is -2.19. The van der Waals surface area contributed by atoms with E-state index >= 15 is 0 Å². The minimum Gasteiger partial charge on any atom is -0.496 e. The highest BCUT2D eigenvalue weighted by Gasteiger charge is 2.30. The summed E-state index contributed by atoms with van der Waals surface area (Å²) >= 11 is 12.0. The van der Waals surface area contributed by atoms with E-state index in [1.807, 2.05) is 36.4 Å². The van der Waals surface area contributed by atoms with Gasteiger partial charge in [-0.3, -0.25) is 4.79 Å². The third-order valence-corrected chi connectivity index (χ3v) is 6.78. The van der Waals surface area contributed by atoms with Gasteiger partial charge in [-0.05, 0) is 47.6 Å². The Morgan fingerprint density at radius 2 is 1.58 bits per heavy atom. The Kier molecular flexibility index (Phi) is 10.0. The number of aliphatic carboxylic acids is 1. The quantitative estimate of drug-likeness (QED) is 0.368. The van der Waals surface area contributed by atoms with Crippen LogP contribution >= 0.6 is 23.2 Å². The number of halogens is 2. The molecule has 1 atom stereocenters. The minimum atomic E-state index is -1.14. The molecule has 0 saturated heterocycles. The first-order valence-corrected chi connectivity index (χ1v) is 12.5. The summed E-state index contributed by atoms with van der Waals surface area (Å²) in [5.74, 6) is -0.454. The second-order valence-corrected chi connectivity index (χ2v) is 9.68. The van der Waals surface area contributed by atoms with E-state index in [-0.39, 0.29) is 22.4 Å². The predicted molar refractivity (Wildman–Crippen MR) is 140 cm³/mol. The fourth-order valence-electron chi connectivity index (χ4n) is 4.62. The number of nitrogens with one attached hydrogen (secondary N) is 1. The van der Waals surface area contributed by atoms with Gasteiger partial charge in [0.05, 0.1) is 32.0 Å². The zero-order valence-corrected chi connectivity index (χ0v) is 22.1. The van der Waals surface area contributed by atoms with E-state index in [4.69, 9.17) is 37.4 Å². The molecule has 0 heterocycles. The number of carboxylic acid groups (broad SMARTS) is 1. The van der Waals surface area contributed by atoms with Gasteiger partial charge in [0.2, 0.25) is 0 Å². The topological polar surface area (TPSA) is 94.1 Å². The molecule has 0 unspecified atom stereocenters. The van der Waals surface area contributed by atoms with Crippen LogP contribution in [0.2, 0.25) is 0 Å². The van der Waals surface area contributed by atoms with E-state index in [0.717, 1.165) is 47.9 Å². The van der Waals surface area contributed by atoms with Gasteiger partial charge in [-0.1, -0.05) is 60.3 Å². The molecule has 0 spiro atoms. The average molecular weight is 536 g/mol. The minimum absolute atomic E-state index is 0.0519. The molecule has 2 aromatic carbocycles. The molecule has 1 aliphatic rings. The SMILES string of the molecule is COCc1cc(OC)c(-c2ccc(C[C@H](NC(=O)C(=C(Cl)Cl)C3CCCC3)C(=O)O)cc2)c(OC)c1. The first kappa shape index (κ1) is 27.8. The maximum absolute atomic E-state index is 12.9. The van der Waals surface area contributed by atoms with Crippen LogP contribution in [-0.2, 0) is 27.4 Å². The molecule has 2 N–H and O–H groups in total. The summed E-state index contributed by atoms with van der Waals surface area (Å²) in [5, 5.41) is 12.4. The maximum Gasteiger partial charge on any atom is 0.326 e. The molecule has 1 fully saturated rings. The Morgan fingerprint density at radius 1 is 1.00 bits per heavy atom. The molecule has 194 valence electrons. The van der Waals surface area contributed by atoms with Gasteiger partial charge < -0.3 is 24.6 Å². The van der Waals surface area contributed by atoms with E-state index in [2.05, 4.69) is 5.32 Å². The first-order valence-electron chi connectivity index (χ1n) is 11.7. The first-order chi connectivity index (χ1) is 17.3. The Morgan fingerprint density at radius 3 is 2.06 bits per heavy atom. The second kappa shape index (κ2) is 13.0. The van der Waals surface area contributed by atoms with Gasteiger partial charge in [-0.2, -0.15) is 0 Å². The van der Waals surface area contributed by atoms with Crippen molar-refractivity contribution < 1.29 is 28.9 Å². The third-order valence-electron chi connectivity index (χ3n) is 6.37. The van der Waals surface area contributed by atoms with Crippen LogP contribution in [0.4, 0.5) is 0 Å². The number of hydrogen-bond donors (Lipinski definition) is 2. The number of carbonyl (C=O) groups is 2. The summed E-state index contributed by atoms with van der Waals surface area (Å²) < 4.78 is 16.3. The van der Waals surface area contributed by atoms with Crippen LogP contribution in [0, 0.1) is 5.92 Å². The summed E-state index contributed by atoms with van der Waals surface area (Å²) in [6.45, 7) is 0.417. The standard InChI is InChI=1S/C27H31Cl2NO6/c1-34-15-17-13-21(35-2)23(22(14-17)36-3)19-10-8-16(9-11-19)12-20(27(32)33)30-26(31)24(25(28)29)18-6-4-5-7-18/h8-11,13-14,18,20H,4-7,12,15H2,1-3H3,(H,30,31)(H,32,33)/t20-/m0/s1. The number of rotatable bonds is 11. The number of ether oxygens (including phenoxy) is 3. The van der Waals surface area contributed by atoms with Crippen molar-refractivity contribution in [3.05, 3.63) is 57.6 Å². The fraction of sp³-hybridized carbons (Fsp3) is 0.407. The van der Waals surface area contributed by atoms with Gasteiger partial charge >= 0.3 is 5.97 Å². The van der Waals surface area contributed by atoms with E-state index in [1.54, 1.807) is 21.3 Å². The molecule has 9 heteroatoms. The van der Waals surface area contributed by atoms with Gasteiger partial charge in [0.25, 0.3) is 5.91 Å². The lowest BCUT2D eigenvalue weighted by molar-refractivity contribution is -0.141. The van der Waals surface area contributed by atoms with Crippen LogP contribution in [0.3, 0.4) is 0 Å². The molecule has 0 aliphatic heterocycles. The molecular formula is C27H31Cl2NO6. The molecule has 0 radical (unpaired) electrons. The average Bonchev–Trinajstić information content (AvgIpc) is 3.37. The normalized spacial score (nSPS) is 14.2. The predicted octanol–water partition coefficient (Wildman–Crippen LogP) is 5.51. The van der Waals surface area contributed by atoms with Gasteiger partial charge in [0.15, 0.2) is 0 Å². The van der Waals surface area contributed by atoms with Gasteiger partial charge in [-0.25, -0.2) is 4.79 Å². The highest BCUT2D eigenvalue weighted by Crippen LogP contribution is 2.40. The largest absolute Gasteiger partial charge is 0.496 e. The number of methoxy groups -OCH3 is 3. The van der Waals surface area contributed by atoms with Crippen molar-refractivity contribution >= 4 is 35.1 Å². The maximum atomic E-state index is 12.9. The molecule has 1 saturated carbocycles. The van der Waals surface area contributed by atoms with E-state index < -0.39 is 17.9 Å². The number of carbonyl (C=O) groups excluding carboxylic acids is 1. The van der Waals surface area contributed by atoms with Crippen LogP contribution in [0.1, 0.15) is 36.8 Å². The number of benzene rings is 2. The highest BCUT2D eigenvalue weighted by atomic mass is 35.5. The van der Waals surface area contributed by atoms with Crippen molar-refractivity contribution in [1.29, 1.82) is 0 Å². The molecule has 3 rings (SSSR count). The Hall–Kier alpha value is -2.74. The van der Waals surface area contributed by atoms with Crippen LogP contribution < -0.4 is 14.8 Å². The highest BCUT2D eigenvalue weighted by molar-refractivity contribution is 6.57. The van der Waals surface area contributed by atoms with Crippen LogP contribution in [0.25, 0.3) is 11.1 Å². The Labute approximate surface area is 221 Å². The van der Waals surface area contributed by atoms with Crippen molar-refractivity contribution in [1.82, 2.24) is 5.32 Å². The molecule has 36 heavy (non-hydrogen) atoms. The summed E-state index contributed by atoms with van der Waals surface area (Å²) in [6.07, 6.45) is 3.69. The lowest BCUT2D eigenvalue weighted by atomic mass is 9.96. The molecule has 1 aliphatic carbocycles. The molecule has 2 aromatic rings. The Balaban J connectivity index is 1.81. The molecular weight excluding hydrogens is 505 g/mol. The summed E-state index contributed by atoms with van der Waals surface area (Å²) in [7, 11) is 4.80. The van der Waals surface area contributed by atoms with Gasteiger partial charge in [-0.15, -0.1) is 0 Å². The molecule has 0 aromatic heterocycles. The van der Waals surface area contributed by atoms with E-state index in [0.29, 0.717) is 18.1 Å². The van der Waals surface area contributed by atoms with Crippen LogP contribution in [0.5, 0.6) is 11.5 Å². The second-order valence-electron chi connectivity index (χ2n) is 8.73. The molecule has 1 amide bonds. The monoisotopic (exact) mass is 535 g/mol. The van der Waals surface area contributed by atoms with Crippen molar-refractivity contribution in [2.24, 2.45) is 5.92 Å². The number of carboxylic acids is 1. The fourth-order valence-corrected chi connectivity index (χ4v) is 5.10. The van der Waals surface area contributed by atoms with E-state index in [1.165, 1.54) is 0 Å². The third kappa shape index (κ3) is 6.72. The number of amides is 1. The van der Waals surface area contributed by atoms with Crippen LogP contribution in [0.15, 0.2) is 46.5 Å². The van der Waals surface area contributed by atoms with Crippen molar-refractivity contribution in [2.75, 3.05) is 21.3 Å². The van der Waals surface area contributed by atoms with Crippen LogP contribution in [-0.4, -0.2) is 44.4 Å². The smallest absolute Gasteiger partial charge is 0.326 e. The summed E-state index contributed by atoms with van der Waals surface area (Å²) in [4.78, 5) is 24.8. The zero-order chi connectivity index (χ0) is 26.2. The Bertz CT molecular complexity index is 1080. The van der Waals surface area contributed by atoms with Gasteiger partial charge in [0.1, 0.15) is 22.0 Å². The number of hydrogen-bond acceptors (Lipinski definition) is 5.